The summed E-state index contributed by atoms with van der Waals surface area (Å²) in [6, 6.07) is 8.90. The molecule has 9 nitrogen and oxygen atoms in total. The van der Waals surface area contributed by atoms with Crippen LogP contribution in [0.2, 0.25) is 0 Å². The molecule has 0 saturated heterocycles. The van der Waals surface area contributed by atoms with Crippen molar-refractivity contribution in [2.45, 2.75) is 38.6 Å². The van der Waals surface area contributed by atoms with Gasteiger partial charge in [0.05, 0.1) is 29.6 Å². The van der Waals surface area contributed by atoms with E-state index < -0.39 is 0 Å². The van der Waals surface area contributed by atoms with Crippen molar-refractivity contribution in [3.05, 3.63) is 42.2 Å². The molecule has 2 aromatic heterocycles. The quantitative estimate of drug-likeness (QED) is 0.523. The van der Waals surface area contributed by atoms with Crippen LogP contribution in [0.4, 0.5) is 11.5 Å². The maximum atomic E-state index is 10.9. The molecular weight excluding hydrogens is 446 g/mol. The molecule has 1 fully saturated rings. The van der Waals surface area contributed by atoms with Crippen LogP contribution in [0.5, 0.6) is 17.2 Å². The average Bonchev–Trinajstić information content (AvgIpc) is 2.89. The summed E-state index contributed by atoms with van der Waals surface area (Å²) >= 11 is 0. The van der Waals surface area contributed by atoms with Crippen molar-refractivity contribution in [2.75, 3.05) is 36.5 Å². The zero-order chi connectivity index (χ0) is 24.2. The van der Waals surface area contributed by atoms with E-state index in [0.717, 1.165) is 47.0 Å². The Morgan fingerprint density at radius 3 is 2.80 bits per heavy atom. The number of fused-ring (bicyclic) bond motifs is 4. The number of nitrogens with two attached hydrogens (primary N) is 1. The Kier molecular flexibility index (Phi) is 6.85. The normalized spacial score (nSPS) is 17.3. The van der Waals surface area contributed by atoms with Crippen LogP contribution in [-0.4, -0.2) is 47.3 Å². The van der Waals surface area contributed by atoms with Gasteiger partial charge in [-0.05, 0) is 49.1 Å². The SMILES string of the molecule is NCc1ccc2c(n1)NC(=O)CO2.Oc1ccc2ncc3c(c2c1)N(CC1CCCCC1)CCO3. The number of carbonyl (C=O) groups is 1. The molecule has 4 N–H and O–H groups in total. The second kappa shape index (κ2) is 10.4. The van der Waals surface area contributed by atoms with Gasteiger partial charge in [-0.25, -0.2) is 4.98 Å². The third-order valence-electron chi connectivity index (χ3n) is 6.67. The number of hydrogen-bond donors (Lipinski definition) is 3. The number of rotatable bonds is 3. The molecule has 1 saturated carbocycles. The summed E-state index contributed by atoms with van der Waals surface area (Å²) in [6.07, 6.45) is 8.60. The number of phenolic OH excluding ortho intramolecular Hbond substituents is 1. The van der Waals surface area contributed by atoms with E-state index in [4.69, 9.17) is 15.2 Å². The van der Waals surface area contributed by atoms with Crippen LogP contribution in [0.1, 0.15) is 37.8 Å². The van der Waals surface area contributed by atoms with Gasteiger partial charge in [0.25, 0.3) is 5.91 Å². The highest BCUT2D eigenvalue weighted by molar-refractivity contribution is 5.96. The number of nitrogens with zero attached hydrogens (tertiary/aromatic N) is 3. The minimum atomic E-state index is -0.186. The van der Waals surface area contributed by atoms with Crippen molar-refractivity contribution in [1.29, 1.82) is 0 Å². The zero-order valence-electron chi connectivity index (χ0n) is 19.7. The fourth-order valence-corrected chi connectivity index (χ4v) is 4.94. The summed E-state index contributed by atoms with van der Waals surface area (Å²) in [4.78, 5) is 21.9. The molecule has 0 bridgehead atoms. The smallest absolute Gasteiger partial charge is 0.263 e. The minimum absolute atomic E-state index is 0.0522. The number of anilines is 2. The Bertz CT molecular complexity index is 1210. The predicted molar refractivity (Wildman–Crippen MR) is 134 cm³/mol. The first-order valence-electron chi connectivity index (χ1n) is 12.2. The summed E-state index contributed by atoms with van der Waals surface area (Å²) in [5.41, 5.74) is 8.15. The van der Waals surface area contributed by atoms with Crippen molar-refractivity contribution < 1.29 is 19.4 Å². The maximum absolute atomic E-state index is 10.9. The lowest BCUT2D eigenvalue weighted by Crippen LogP contribution is -2.37. The van der Waals surface area contributed by atoms with Crippen LogP contribution in [0, 0.1) is 5.92 Å². The lowest BCUT2D eigenvalue weighted by Gasteiger charge is -2.35. The Morgan fingerprint density at radius 2 is 1.97 bits per heavy atom. The van der Waals surface area contributed by atoms with Crippen LogP contribution >= 0.6 is 0 Å². The Labute approximate surface area is 204 Å². The molecule has 184 valence electrons. The highest BCUT2D eigenvalue weighted by atomic mass is 16.5. The summed E-state index contributed by atoms with van der Waals surface area (Å²) in [5, 5.41) is 13.4. The van der Waals surface area contributed by atoms with Crippen molar-refractivity contribution in [3.63, 3.8) is 0 Å². The molecule has 1 amide bonds. The molecule has 9 heteroatoms. The zero-order valence-corrected chi connectivity index (χ0v) is 19.7. The molecule has 2 aliphatic heterocycles. The molecular formula is C26H31N5O4. The van der Waals surface area contributed by atoms with Gasteiger partial charge in [-0.3, -0.25) is 9.78 Å². The van der Waals surface area contributed by atoms with Crippen LogP contribution in [0.25, 0.3) is 10.9 Å². The highest BCUT2D eigenvalue weighted by Crippen LogP contribution is 2.40. The average molecular weight is 478 g/mol. The predicted octanol–water partition coefficient (Wildman–Crippen LogP) is 3.59. The molecule has 1 aromatic carbocycles. The molecule has 0 unspecified atom stereocenters. The standard InChI is InChI=1S/C18H22N2O2.C8H9N3O2/c21-14-6-7-16-15(10-14)18-17(11-19-16)22-9-8-20(18)12-13-4-2-1-3-5-13;9-3-5-1-2-6-8(10-5)11-7(12)4-13-6/h6-7,10-11,13,21H,1-5,8-9,12H2;1-2H,3-4,9H2,(H,10,11,12). The van der Waals surface area contributed by atoms with E-state index in [9.17, 15) is 9.90 Å². The molecule has 0 atom stereocenters. The van der Waals surface area contributed by atoms with Gasteiger partial charge in [-0.2, -0.15) is 0 Å². The first kappa shape index (κ1) is 23.2. The largest absolute Gasteiger partial charge is 0.508 e. The number of amides is 1. The van der Waals surface area contributed by atoms with E-state index in [0.29, 0.717) is 24.7 Å². The third kappa shape index (κ3) is 5.24. The highest BCUT2D eigenvalue weighted by Gasteiger charge is 2.25. The molecule has 1 aliphatic carbocycles. The number of benzene rings is 1. The lowest BCUT2D eigenvalue weighted by atomic mass is 9.88. The second-order valence-corrected chi connectivity index (χ2v) is 9.16. The number of pyridine rings is 2. The van der Waals surface area contributed by atoms with E-state index in [-0.39, 0.29) is 18.3 Å². The molecule has 6 rings (SSSR count). The van der Waals surface area contributed by atoms with Crippen molar-refractivity contribution >= 4 is 28.3 Å². The number of carbonyl (C=O) groups excluding carboxylic acids is 1. The topological polar surface area (TPSA) is 123 Å². The van der Waals surface area contributed by atoms with E-state index in [1.165, 1.54) is 32.1 Å². The van der Waals surface area contributed by atoms with E-state index >= 15 is 0 Å². The van der Waals surface area contributed by atoms with Crippen molar-refractivity contribution in [2.24, 2.45) is 11.7 Å². The molecule has 0 radical (unpaired) electrons. The van der Waals surface area contributed by atoms with Crippen LogP contribution < -0.4 is 25.4 Å². The fraction of sp³-hybridized carbons (Fsp3) is 0.423. The Balaban J connectivity index is 0.000000166. The minimum Gasteiger partial charge on any atom is -0.508 e. The van der Waals surface area contributed by atoms with Crippen molar-refractivity contribution in [1.82, 2.24) is 9.97 Å². The third-order valence-corrected chi connectivity index (χ3v) is 6.67. The van der Waals surface area contributed by atoms with Gasteiger partial charge < -0.3 is 30.5 Å². The summed E-state index contributed by atoms with van der Waals surface area (Å²) in [6.45, 7) is 3.12. The summed E-state index contributed by atoms with van der Waals surface area (Å²) < 4.78 is 10.9. The fourth-order valence-electron chi connectivity index (χ4n) is 4.94. The van der Waals surface area contributed by atoms with Gasteiger partial charge in [-0.1, -0.05) is 19.3 Å². The molecule has 3 aromatic rings. The number of ether oxygens (including phenoxy) is 2. The number of nitrogens with one attached hydrogen (secondary N) is 1. The molecule has 3 aliphatic rings. The first-order chi connectivity index (χ1) is 17.1. The number of phenols is 1. The van der Waals surface area contributed by atoms with Crippen LogP contribution in [-0.2, 0) is 11.3 Å². The van der Waals surface area contributed by atoms with Crippen LogP contribution in [0.3, 0.4) is 0 Å². The van der Waals surface area contributed by atoms with Gasteiger partial charge in [0, 0.05) is 18.5 Å². The van der Waals surface area contributed by atoms with Gasteiger partial charge in [0.15, 0.2) is 23.9 Å². The number of aromatic nitrogens is 2. The van der Waals surface area contributed by atoms with Gasteiger partial charge >= 0.3 is 0 Å². The Morgan fingerprint density at radius 1 is 1.11 bits per heavy atom. The second-order valence-electron chi connectivity index (χ2n) is 9.16. The van der Waals surface area contributed by atoms with Gasteiger partial charge in [0.2, 0.25) is 0 Å². The van der Waals surface area contributed by atoms with Crippen molar-refractivity contribution in [3.8, 4) is 17.2 Å². The lowest BCUT2D eigenvalue weighted by molar-refractivity contribution is -0.118. The summed E-state index contributed by atoms with van der Waals surface area (Å²) in [5.74, 6) is 2.77. The van der Waals surface area contributed by atoms with E-state index in [1.54, 1.807) is 18.2 Å². The number of hydrogen-bond acceptors (Lipinski definition) is 8. The Hall–Kier alpha value is -3.59. The van der Waals surface area contributed by atoms with Gasteiger partial charge in [-0.15, -0.1) is 0 Å². The molecule has 4 heterocycles. The number of aromatic hydroxyl groups is 1. The monoisotopic (exact) mass is 477 g/mol. The summed E-state index contributed by atoms with van der Waals surface area (Å²) in [7, 11) is 0. The van der Waals surface area contributed by atoms with Crippen LogP contribution in [0.15, 0.2) is 36.5 Å². The molecule has 35 heavy (non-hydrogen) atoms. The van der Waals surface area contributed by atoms with E-state index in [2.05, 4.69) is 20.2 Å². The first-order valence-corrected chi connectivity index (χ1v) is 12.2. The van der Waals surface area contributed by atoms with E-state index in [1.807, 2.05) is 18.3 Å². The maximum Gasteiger partial charge on any atom is 0.263 e. The molecule has 0 spiro atoms. The van der Waals surface area contributed by atoms with Gasteiger partial charge in [0.1, 0.15) is 12.4 Å².